The van der Waals surface area contributed by atoms with Crippen molar-refractivity contribution in [3.8, 4) is 0 Å². The molecule has 0 atom stereocenters. The van der Waals surface area contributed by atoms with Crippen molar-refractivity contribution in [2.24, 2.45) is 5.73 Å². The maximum Gasteiger partial charge on any atom is 0.260 e. The molecule has 0 saturated carbocycles. The van der Waals surface area contributed by atoms with Crippen LogP contribution in [0.5, 0.6) is 0 Å². The predicted molar refractivity (Wildman–Crippen MR) is 77.2 cm³/mol. The molecule has 0 aromatic heterocycles. The minimum absolute atomic E-state index is 0.00637. The highest BCUT2D eigenvalue weighted by molar-refractivity contribution is 6.10. The van der Waals surface area contributed by atoms with Gasteiger partial charge in [0.1, 0.15) is 11.6 Å². The summed E-state index contributed by atoms with van der Waals surface area (Å²) < 4.78 is 25.8. The summed E-state index contributed by atoms with van der Waals surface area (Å²) in [7, 11) is 0. The second-order valence-corrected chi connectivity index (χ2v) is 4.56. The van der Waals surface area contributed by atoms with Gasteiger partial charge in [-0.25, -0.2) is 8.78 Å². The fourth-order valence-corrected chi connectivity index (χ4v) is 1.92. The Kier molecular flexibility index (Phi) is 4.95. The van der Waals surface area contributed by atoms with Crippen molar-refractivity contribution >= 4 is 11.8 Å². The van der Waals surface area contributed by atoms with Crippen molar-refractivity contribution in [2.75, 3.05) is 13.1 Å². The molecule has 2 aromatic carbocycles. The van der Waals surface area contributed by atoms with Gasteiger partial charge < -0.3 is 5.73 Å². The molecule has 22 heavy (non-hydrogen) atoms. The van der Waals surface area contributed by atoms with Crippen LogP contribution >= 0.6 is 0 Å². The van der Waals surface area contributed by atoms with Crippen LogP contribution < -0.4 is 5.73 Å². The van der Waals surface area contributed by atoms with E-state index in [1.807, 2.05) is 0 Å². The van der Waals surface area contributed by atoms with Crippen molar-refractivity contribution in [1.29, 1.82) is 0 Å². The number of hydrogen-bond donors (Lipinski definition) is 1. The minimum atomic E-state index is -0.584. The molecule has 6 heteroatoms. The summed E-state index contributed by atoms with van der Waals surface area (Å²) in [6.45, 7) is 0.0896. The maximum absolute atomic E-state index is 12.9. The van der Waals surface area contributed by atoms with Gasteiger partial charge in [0.15, 0.2) is 0 Å². The Bertz CT molecular complexity index is 612. The zero-order valence-corrected chi connectivity index (χ0v) is 11.6. The largest absolute Gasteiger partial charge is 0.329 e. The molecule has 0 aliphatic heterocycles. The van der Waals surface area contributed by atoms with E-state index >= 15 is 0 Å². The molecule has 2 rings (SSSR count). The molecule has 0 heterocycles. The van der Waals surface area contributed by atoms with Gasteiger partial charge in [0.05, 0.1) is 0 Å². The Hall–Kier alpha value is -2.60. The van der Waals surface area contributed by atoms with Crippen molar-refractivity contribution in [1.82, 2.24) is 4.90 Å². The Morgan fingerprint density at radius 2 is 1.18 bits per heavy atom. The van der Waals surface area contributed by atoms with Crippen LogP contribution in [-0.4, -0.2) is 29.8 Å². The molecule has 0 unspecified atom stereocenters. The zero-order valence-electron chi connectivity index (χ0n) is 11.6. The lowest BCUT2D eigenvalue weighted by Crippen LogP contribution is -2.40. The molecule has 2 amide bonds. The molecule has 2 N–H and O–H groups in total. The number of halogens is 2. The fourth-order valence-electron chi connectivity index (χ4n) is 1.92. The van der Waals surface area contributed by atoms with E-state index in [0.717, 1.165) is 29.2 Å². The highest BCUT2D eigenvalue weighted by atomic mass is 19.1. The van der Waals surface area contributed by atoms with Gasteiger partial charge in [0.25, 0.3) is 11.8 Å². The molecule has 0 spiro atoms. The van der Waals surface area contributed by atoms with Gasteiger partial charge in [-0.15, -0.1) is 0 Å². The summed E-state index contributed by atoms with van der Waals surface area (Å²) in [4.78, 5) is 25.7. The maximum atomic E-state index is 12.9. The summed E-state index contributed by atoms with van der Waals surface area (Å²) in [5.74, 6) is -2.13. The van der Waals surface area contributed by atoms with E-state index in [9.17, 15) is 18.4 Å². The summed E-state index contributed by atoms with van der Waals surface area (Å²) in [5, 5.41) is 0. The molecule has 0 aliphatic carbocycles. The molecule has 2 aromatic rings. The number of imide groups is 1. The van der Waals surface area contributed by atoms with Gasteiger partial charge in [-0.05, 0) is 48.5 Å². The Morgan fingerprint density at radius 3 is 1.50 bits per heavy atom. The van der Waals surface area contributed by atoms with Gasteiger partial charge in [0, 0.05) is 24.2 Å². The van der Waals surface area contributed by atoms with Crippen molar-refractivity contribution in [2.45, 2.75) is 0 Å². The molecule has 0 saturated heterocycles. The van der Waals surface area contributed by atoms with E-state index in [2.05, 4.69) is 0 Å². The van der Waals surface area contributed by atoms with Crippen LogP contribution in [0.1, 0.15) is 20.7 Å². The van der Waals surface area contributed by atoms with Crippen LogP contribution in [0, 0.1) is 11.6 Å². The number of benzene rings is 2. The molecule has 0 fully saturated rings. The van der Waals surface area contributed by atoms with Crippen molar-refractivity contribution in [3.63, 3.8) is 0 Å². The monoisotopic (exact) mass is 304 g/mol. The van der Waals surface area contributed by atoms with Crippen LogP contribution in [0.3, 0.4) is 0 Å². The first-order valence-corrected chi connectivity index (χ1v) is 6.60. The lowest BCUT2D eigenvalue weighted by molar-refractivity contribution is 0.0621. The number of amides is 2. The number of nitrogens with two attached hydrogens (primary N) is 1. The predicted octanol–water partition coefficient (Wildman–Crippen LogP) is 2.21. The Balaban J connectivity index is 2.28. The Morgan fingerprint density at radius 1 is 0.818 bits per heavy atom. The van der Waals surface area contributed by atoms with E-state index in [-0.39, 0.29) is 24.2 Å². The fraction of sp³-hybridized carbons (Fsp3) is 0.125. The standard InChI is InChI=1S/C16H14F2N2O2/c17-13-5-1-11(2-6-13)15(21)20(10-9-19)16(22)12-3-7-14(18)8-4-12/h1-8H,9-10,19H2. The molecule has 0 radical (unpaired) electrons. The second kappa shape index (κ2) is 6.91. The minimum Gasteiger partial charge on any atom is -0.329 e. The average molecular weight is 304 g/mol. The second-order valence-electron chi connectivity index (χ2n) is 4.56. The smallest absolute Gasteiger partial charge is 0.260 e. The van der Waals surface area contributed by atoms with Crippen LogP contribution in [0.4, 0.5) is 8.78 Å². The number of rotatable bonds is 4. The number of carbonyl (C=O) groups excluding carboxylic acids is 2. The van der Waals surface area contributed by atoms with E-state index in [1.165, 1.54) is 24.3 Å². The molecule has 114 valence electrons. The first-order chi connectivity index (χ1) is 10.5. The van der Waals surface area contributed by atoms with Crippen LogP contribution in [0.15, 0.2) is 48.5 Å². The first kappa shape index (κ1) is 15.8. The lowest BCUT2D eigenvalue weighted by atomic mass is 10.1. The SMILES string of the molecule is NCCN(C(=O)c1ccc(F)cc1)C(=O)c1ccc(F)cc1. The summed E-state index contributed by atoms with van der Waals surface area (Å²) in [6.07, 6.45) is 0. The molecule has 0 bridgehead atoms. The topological polar surface area (TPSA) is 63.4 Å². The van der Waals surface area contributed by atoms with Gasteiger partial charge in [0.2, 0.25) is 0 Å². The normalized spacial score (nSPS) is 10.3. The average Bonchev–Trinajstić information content (AvgIpc) is 2.53. The number of hydrogen-bond acceptors (Lipinski definition) is 3. The molecule has 0 aliphatic rings. The quantitative estimate of drug-likeness (QED) is 0.881. The highest BCUT2D eigenvalue weighted by Gasteiger charge is 2.23. The number of carbonyl (C=O) groups is 2. The third-order valence-electron chi connectivity index (χ3n) is 3.03. The number of nitrogens with zero attached hydrogens (tertiary/aromatic N) is 1. The highest BCUT2D eigenvalue weighted by Crippen LogP contribution is 2.12. The van der Waals surface area contributed by atoms with Gasteiger partial charge in [-0.3, -0.25) is 14.5 Å². The lowest BCUT2D eigenvalue weighted by Gasteiger charge is -2.20. The first-order valence-electron chi connectivity index (χ1n) is 6.60. The zero-order chi connectivity index (χ0) is 16.1. The molecule has 4 nitrogen and oxygen atoms in total. The van der Waals surface area contributed by atoms with Gasteiger partial charge >= 0.3 is 0 Å². The van der Waals surface area contributed by atoms with Gasteiger partial charge in [-0.1, -0.05) is 0 Å². The van der Waals surface area contributed by atoms with Crippen molar-refractivity contribution in [3.05, 3.63) is 71.3 Å². The third-order valence-corrected chi connectivity index (χ3v) is 3.03. The van der Waals surface area contributed by atoms with E-state index in [0.29, 0.717) is 0 Å². The Labute approximate surface area is 126 Å². The van der Waals surface area contributed by atoms with E-state index < -0.39 is 23.4 Å². The summed E-state index contributed by atoms with van der Waals surface area (Å²) >= 11 is 0. The molecular formula is C16H14F2N2O2. The van der Waals surface area contributed by atoms with Crippen LogP contribution in [0.25, 0.3) is 0 Å². The van der Waals surface area contributed by atoms with Gasteiger partial charge in [-0.2, -0.15) is 0 Å². The van der Waals surface area contributed by atoms with Crippen LogP contribution in [0.2, 0.25) is 0 Å². The summed E-state index contributed by atoms with van der Waals surface area (Å²) in [5.41, 5.74) is 5.79. The van der Waals surface area contributed by atoms with Crippen LogP contribution in [-0.2, 0) is 0 Å². The summed E-state index contributed by atoms with van der Waals surface area (Å²) in [6, 6.07) is 9.70. The third kappa shape index (κ3) is 3.53. The van der Waals surface area contributed by atoms with E-state index in [1.54, 1.807) is 0 Å². The molecular weight excluding hydrogens is 290 g/mol. The van der Waals surface area contributed by atoms with Crippen molar-refractivity contribution < 1.29 is 18.4 Å². The van der Waals surface area contributed by atoms with E-state index in [4.69, 9.17) is 5.73 Å².